The van der Waals surface area contributed by atoms with Crippen LogP contribution in [0.25, 0.3) is 6.08 Å². The van der Waals surface area contributed by atoms with Crippen molar-refractivity contribution in [3.63, 3.8) is 0 Å². The van der Waals surface area contributed by atoms with Crippen LogP contribution in [-0.4, -0.2) is 41.9 Å². The van der Waals surface area contributed by atoms with Crippen molar-refractivity contribution in [2.75, 3.05) is 11.5 Å². The molecule has 0 aromatic heterocycles. The molecule has 0 bridgehead atoms. The predicted molar refractivity (Wildman–Crippen MR) is 125 cm³/mol. The van der Waals surface area contributed by atoms with Crippen LogP contribution in [0.1, 0.15) is 67.9 Å². The van der Waals surface area contributed by atoms with Gasteiger partial charge in [0, 0.05) is 6.08 Å². The predicted octanol–water partition coefficient (Wildman–Crippen LogP) is 5.37. The maximum Gasteiger partial charge on any atom is 0.415 e. The summed E-state index contributed by atoms with van der Waals surface area (Å²) in [6.07, 6.45) is 2.18. The topological polar surface area (TPSA) is 82.1 Å². The molecule has 1 amide bonds. The van der Waals surface area contributed by atoms with Gasteiger partial charge in [-0.3, -0.25) is 4.90 Å². The number of esters is 2. The minimum atomic E-state index is -0.916. The Bertz CT molecular complexity index is 830. The zero-order valence-electron chi connectivity index (χ0n) is 20.7. The van der Waals surface area contributed by atoms with Crippen LogP contribution in [0.15, 0.2) is 30.3 Å². The molecule has 0 spiro atoms. The maximum atomic E-state index is 13.3. The first kappa shape index (κ1) is 27.2. The van der Waals surface area contributed by atoms with Gasteiger partial charge < -0.3 is 14.2 Å². The highest BCUT2D eigenvalue weighted by Gasteiger charge is 2.38. The van der Waals surface area contributed by atoms with Crippen LogP contribution in [-0.2, 0) is 23.8 Å². The Kier molecular flexibility index (Phi) is 9.49. The first-order valence-corrected chi connectivity index (χ1v) is 10.8. The molecule has 0 N–H and O–H groups in total. The van der Waals surface area contributed by atoms with Gasteiger partial charge in [-0.2, -0.15) is 0 Å². The fraction of sp³-hybridized carbons (Fsp3) is 0.560. The largest absolute Gasteiger partial charge is 0.464 e. The molecule has 32 heavy (non-hydrogen) atoms. The number of para-hydroxylation sites is 1. The summed E-state index contributed by atoms with van der Waals surface area (Å²) in [5.74, 6) is -1.30. The van der Waals surface area contributed by atoms with Crippen LogP contribution in [0.4, 0.5) is 10.5 Å². The summed E-state index contributed by atoms with van der Waals surface area (Å²) in [7, 11) is 0. The van der Waals surface area contributed by atoms with E-state index >= 15 is 0 Å². The highest BCUT2D eigenvalue weighted by atomic mass is 16.6. The molecule has 0 saturated heterocycles. The van der Waals surface area contributed by atoms with Crippen molar-refractivity contribution in [1.29, 1.82) is 0 Å². The molecule has 0 unspecified atom stereocenters. The van der Waals surface area contributed by atoms with E-state index in [-0.39, 0.29) is 12.5 Å². The first-order valence-electron chi connectivity index (χ1n) is 10.8. The van der Waals surface area contributed by atoms with Crippen molar-refractivity contribution in [3.05, 3.63) is 35.9 Å². The summed E-state index contributed by atoms with van der Waals surface area (Å²) in [6.45, 7) is 16.2. The van der Waals surface area contributed by atoms with E-state index < -0.39 is 35.3 Å². The van der Waals surface area contributed by atoms with Gasteiger partial charge in [0.05, 0.1) is 12.3 Å². The molecule has 0 fully saturated rings. The van der Waals surface area contributed by atoms with Crippen molar-refractivity contribution < 1.29 is 28.6 Å². The second-order valence-electron chi connectivity index (χ2n) is 9.72. The summed E-state index contributed by atoms with van der Waals surface area (Å²) < 4.78 is 16.2. The quantitative estimate of drug-likeness (QED) is 0.317. The molecular formula is C25H37NO6. The van der Waals surface area contributed by atoms with E-state index in [0.717, 1.165) is 0 Å². The number of nitrogens with zero attached hydrogens (tertiary/aromatic N) is 1. The van der Waals surface area contributed by atoms with E-state index in [1.165, 1.54) is 11.0 Å². The fourth-order valence-corrected chi connectivity index (χ4v) is 2.92. The molecule has 0 radical (unpaired) electrons. The highest BCUT2D eigenvalue weighted by Crippen LogP contribution is 2.29. The maximum absolute atomic E-state index is 13.3. The number of carbonyl (C=O) groups excluding carboxylic acids is 3. The lowest BCUT2D eigenvalue weighted by molar-refractivity contribution is -0.148. The minimum Gasteiger partial charge on any atom is -0.464 e. The van der Waals surface area contributed by atoms with Crippen LogP contribution < -0.4 is 4.90 Å². The summed E-state index contributed by atoms with van der Waals surface area (Å²) in [6, 6.07) is 6.06. The normalized spacial score (nSPS) is 13.1. The molecule has 0 aliphatic carbocycles. The van der Waals surface area contributed by atoms with E-state index in [2.05, 4.69) is 0 Å². The molecule has 1 aromatic carbocycles. The summed E-state index contributed by atoms with van der Waals surface area (Å²) in [5.41, 5.74) is -0.421. The van der Waals surface area contributed by atoms with Gasteiger partial charge in [0.25, 0.3) is 0 Å². The van der Waals surface area contributed by atoms with Gasteiger partial charge in [-0.1, -0.05) is 32.0 Å². The lowest BCUT2D eigenvalue weighted by Gasteiger charge is -2.35. The molecule has 178 valence electrons. The Balaban J connectivity index is 3.52. The number of hydrogen-bond acceptors (Lipinski definition) is 6. The summed E-state index contributed by atoms with van der Waals surface area (Å²) in [4.78, 5) is 39.6. The molecule has 0 saturated carbocycles. The van der Waals surface area contributed by atoms with Crippen LogP contribution in [0.5, 0.6) is 0 Å². The molecule has 1 rings (SSSR count). The molecule has 0 aliphatic heterocycles. The van der Waals surface area contributed by atoms with Gasteiger partial charge in [-0.15, -0.1) is 0 Å². The number of rotatable bonds is 7. The molecule has 1 aromatic rings. The van der Waals surface area contributed by atoms with Crippen molar-refractivity contribution >= 4 is 29.8 Å². The fourth-order valence-electron chi connectivity index (χ4n) is 2.92. The van der Waals surface area contributed by atoms with Gasteiger partial charge in [-0.05, 0) is 72.1 Å². The molecule has 0 aliphatic rings. The van der Waals surface area contributed by atoms with Gasteiger partial charge >= 0.3 is 18.0 Å². The van der Waals surface area contributed by atoms with Crippen LogP contribution in [0.3, 0.4) is 0 Å². The van der Waals surface area contributed by atoms with E-state index in [0.29, 0.717) is 11.3 Å². The van der Waals surface area contributed by atoms with Crippen molar-refractivity contribution in [3.8, 4) is 0 Å². The smallest absolute Gasteiger partial charge is 0.415 e. The minimum absolute atomic E-state index is 0.185. The number of carbonyl (C=O) groups is 3. The zero-order valence-corrected chi connectivity index (χ0v) is 20.7. The van der Waals surface area contributed by atoms with Crippen molar-refractivity contribution in [2.24, 2.45) is 5.92 Å². The van der Waals surface area contributed by atoms with Gasteiger partial charge in [0.1, 0.15) is 17.2 Å². The number of amides is 1. The Morgan fingerprint density at radius 2 is 1.53 bits per heavy atom. The van der Waals surface area contributed by atoms with E-state index in [1.807, 2.05) is 13.8 Å². The van der Waals surface area contributed by atoms with Crippen LogP contribution >= 0.6 is 0 Å². The molecular weight excluding hydrogens is 410 g/mol. The Labute approximate surface area is 191 Å². The second-order valence-corrected chi connectivity index (χ2v) is 9.72. The Hall–Kier alpha value is -2.83. The average molecular weight is 448 g/mol. The zero-order chi connectivity index (χ0) is 24.7. The Morgan fingerprint density at radius 1 is 0.969 bits per heavy atom. The number of benzene rings is 1. The van der Waals surface area contributed by atoms with Crippen LogP contribution in [0, 0.1) is 5.92 Å². The van der Waals surface area contributed by atoms with Crippen molar-refractivity contribution in [1.82, 2.24) is 0 Å². The molecule has 0 heterocycles. The highest BCUT2D eigenvalue weighted by molar-refractivity contribution is 5.98. The van der Waals surface area contributed by atoms with Gasteiger partial charge in [0.15, 0.2) is 0 Å². The summed E-state index contributed by atoms with van der Waals surface area (Å²) in [5, 5.41) is 0. The van der Waals surface area contributed by atoms with Crippen LogP contribution in [0.2, 0.25) is 0 Å². The third kappa shape index (κ3) is 8.73. The SMILES string of the molecule is CCOC(=O)[C@H](C(C)C)N(C(=O)OC(C)(C)C)c1ccccc1/C=C\C(=O)OC(C)(C)C. The van der Waals surface area contributed by atoms with E-state index in [9.17, 15) is 14.4 Å². The number of anilines is 1. The average Bonchev–Trinajstić information content (AvgIpc) is 2.61. The van der Waals surface area contributed by atoms with Crippen molar-refractivity contribution in [2.45, 2.75) is 79.6 Å². The lowest BCUT2D eigenvalue weighted by Crippen LogP contribution is -2.51. The number of hydrogen-bond donors (Lipinski definition) is 0. The van der Waals surface area contributed by atoms with Gasteiger partial charge in [-0.25, -0.2) is 14.4 Å². The monoisotopic (exact) mass is 447 g/mol. The Morgan fingerprint density at radius 3 is 2.03 bits per heavy atom. The third-order valence-corrected chi connectivity index (χ3v) is 4.03. The second kappa shape index (κ2) is 11.2. The molecule has 7 nitrogen and oxygen atoms in total. The molecule has 1 atom stereocenters. The lowest BCUT2D eigenvalue weighted by atomic mass is 10.0. The van der Waals surface area contributed by atoms with E-state index in [4.69, 9.17) is 14.2 Å². The van der Waals surface area contributed by atoms with E-state index in [1.54, 1.807) is 78.8 Å². The summed E-state index contributed by atoms with van der Waals surface area (Å²) >= 11 is 0. The number of ether oxygens (including phenoxy) is 3. The third-order valence-electron chi connectivity index (χ3n) is 4.03. The standard InChI is InChI=1S/C25H37NO6/c1-10-30-22(28)21(17(2)3)26(23(29)32-25(7,8)9)19-14-12-11-13-18(19)15-16-20(27)31-24(4,5)6/h11-17,21H,10H2,1-9H3/b16-15-/t21-/m0/s1. The van der Waals surface area contributed by atoms with Gasteiger partial charge in [0.2, 0.25) is 0 Å². The first-order chi connectivity index (χ1) is 14.7. The molecule has 7 heteroatoms.